The van der Waals surface area contributed by atoms with Crippen molar-refractivity contribution in [2.45, 2.75) is 12.6 Å². The Morgan fingerprint density at radius 1 is 1.62 bits per heavy atom. The molecule has 5 heteroatoms. The number of ether oxygens (including phenoxy) is 1. The molecule has 0 amide bonds. The Labute approximate surface area is 93.6 Å². The number of carboxylic acid groups (broad SMARTS) is 1. The monoisotopic (exact) mass is 225 g/mol. The van der Waals surface area contributed by atoms with Gasteiger partial charge < -0.3 is 14.3 Å². The van der Waals surface area contributed by atoms with Crippen LogP contribution in [0.5, 0.6) is 0 Å². The largest absolute Gasteiger partial charge is 0.481 e. The number of hydrogen-bond acceptors (Lipinski definition) is 4. The van der Waals surface area contributed by atoms with E-state index < -0.39 is 11.9 Å². The molecule has 0 saturated carbocycles. The molecule has 2 rings (SSSR count). The summed E-state index contributed by atoms with van der Waals surface area (Å²) in [7, 11) is 1.89. The molecule has 0 spiro atoms. The van der Waals surface area contributed by atoms with Gasteiger partial charge in [0.1, 0.15) is 5.76 Å². The maximum atomic E-state index is 11.0. The number of aliphatic carboxylic acids is 1. The molecular formula is C11H15NO4. The van der Waals surface area contributed by atoms with Gasteiger partial charge in [-0.05, 0) is 19.2 Å². The Hall–Kier alpha value is -1.33. The second kappa shape index (κ2) is 4.67. The summed E-state index contributed by atoms with van der Waals surface area (Å²) in [5.41, 5.74) is 0. The van der Waals surface area contributed by atoms with E-state index in [1.807, 2.05) is 24.1 Å². The summed E-state index contributed by atoms with van der Waals surface area (Å²) in [6.07, 6.45) is 1.61. The molecule has 0 aliphatic carbocycles. The quantitative estimate of drug-likeness (QED) is 0.821. The van der Waals surface area contributed by atoms with Gasteiger partial charge in [0.25, 0.3) is 0 Å². The van der Waals surface area contributed by atoms with Crippen molar-refractivity contribution in [3.63, 3.8) is 0 Å². The molecule has 1 aliphatic rings. The van der Waals surface area contributed by atoms with Gasteiger partial charge in [-0.25, -0.2) is 0 Å². The lowest BCUT2D eigenvalue weighted by atomic mass is 10.0. The van der Waals surface area contributed by atoms with Crippen molar-refractivity contribution in [3.05, 3.63) is 24.2 Å². The van der Waals surface area contributed by atoms with Crippen LogP contribution in [0, 0.1) is 5.92 Å². The number of rotatable bonds is 4. The third kappa shape index (κ3) is 2.25. The van der Waals surface area contributed by atoms with Crippen LogP contribution in [0.2, 0.25) is 0 Å². The van der Waals surface area contributed by atoms with Gasteiger partial charge in [0.05, 0.1) is 31.9 Å². The van der Waals surface area contributed by atoms with Crippen LogP contribution in [0.3, 0.4) is 0 Å². The van der Waals surface area contributed by atoms with Gasteiger partial charge in [0, 0.05) is 6.04 Å². The van der Waals surface area contributed by atoms with Gasteiger partial charge in [0.2, 0.25) is 0 Å². The average Bonchev–Trinajstić information content (AvgIpc) is 2.86. The van der Waals surface area contributed by atoms with E-state index >= 15 is 0 Å². The van der Waals surface area contributed by atoms with Gasteiger partial charge in [-0.3, -0.25) is 9.69 Å². The first-order valence-electron chi connectivity index (χ1n) is 5.21. The van der Waals surface area contributed by atoms with Crippen LogP contribution in [0.1, 0.15) is 5.76 Å². The van der Waals surface area contributed by atoms with Crippen LogP contribution >= 0.6 is 0 Å². The van der Waals surface area contributed by atoms with E-state index in [0.717, 1.165) is 5.76 Å². The third-order valence-electron chi connectivity index (χ3n) is 2.92. The SMILES string of the molecule is CN(Cc1ccco1)C1COCC1C(=O)O. The van der Waals surface area contributed by atoms with Crippen LogP contribution in [0.25, 0.3) is 0 Å². The molecule has 0 aromatic carbocycles. The Bertz CT molecular complexity index is 349. The van der Waals surface area contributed by atoms with Crippen molar-refractivity contribution in [2.24, 2.45) is 5.92 Å². The van der Waals surface area contributed by atoms with E-state index in [4.69, 9.17) is 14.3 Å². The third-order valence-corrected chi connectivity index (χ3v) is 2.92. The first-order chi connectivity index (χ1) is 7.68. The molecule has 1 saturated heterocycles. The number of likely N-dealkylation sites (N-methyl/N-ethyl adjacent to an activating group) is 1. The minimum atomic E-state index is -0.797. The molecule has 0 bridgehead atoms. The predicted octanol–water partition coefficient (Wildman–Crippen LogP) is 0.811. The molecule has 2 heterocycles. The lowest BCUT2D eigenvalue weighted by Crippen LogP contribution is -2.40. The summed E-state index contributed by atoms with van der Waals surface area (Å²) < 4.78 is 10.4. The Balaban J connectivity index is 1.98. The second-order valence-corrected chi connectivity index (χ2v) is 4.04. The normalized spacial score (nSPS) is 25.1. The molecule has 1 fully saturated rings. The zero-order valence-electron chi connectivity index (χ0n) is 9.13. The molecular weight excluding hydrogens is 210 g/mol. The highest BCUT2D eigenvalue weighted by atomic mass is 16.5. The first-order valence-corrected chi connectivity index (χ1v) is 5.21. The molecule has 2 unspecified atom stereocenters. The van der Waals surface area contributed by atoms with E-state index in [1.54, 1.807) is 6.26 Å². The van der Waals surface area contributed by atoms with Gasteiger partial charge in [-0.2, -0.15) is 0 Å². The Morgan fingerprint density at radius 3 is 3.06 bits per heavy atom. The van der Waals surface area contributed by atoms with Gasteiger partial charge in [-0.15, -0.1) is 0 Å². The van der Waals surface area contributed by atoms with Gasteiger partial charge in [0.15, 0.2) is 0 Å². The lowest BCUT2D eigenvalue weighted by Gasteiger charge is -2.24. The van der Waals surface area contributed by atoms with Crippen LogP contribution in [-0.2, 0) is 16.1 Å². The maximum absolute atomic E-state index is 11.0. The standard InChI is InChI=1S/C11H15NO4/c1-12(5-8-3-2-4-16-8)10-7-15-6-9(10)11(13)14/h2-4,9-10H,5-7H2,1H3,(H,13,14). The Morgan fingerprint density at radius 2 is 2.44 bits per heavy atom. The number of furan rings is 1. The van der Waals surface area contributed by atoms with Gasteiger partial charge in [-0.1, -0.05) is 0 Å². The highest BCUT2D eigenvalue weighted by Gasteiger charge is 2.36. The average molecular weight is 225 g/mol. The second-order valence-electron chi connectivity index (χ2n) is 4.04. The van der Waals surface area contributed by atoms with E-state index in [1.165, 1.54) is 0 Å². The van der Waals surface area contributed by atoms with E-state index in [-0.39, 0.29) is 6.04 Å². The molecule has 2 atom stereocenters. The van der Waals surface area contributed by atoms with Crippen molar-refractivity contribution in [1.29, 1.82) is 0 Å². The van der Waals surface area contributed by atoms with E-state index in [9.17, 15) is 4.79 Å². The number of nitrogens with zero attached hydrogens (tertiary/aromatic N) is 1. The van der Waals surface area contributed by atoms with E-state index in [0.29, 0.717) is 19.8 Å². The Kier molecular flexibility index (Phi) is 3.26. The topological polar surface area (TPSA) is 62.9 Å². The fourth-order valence-corrected chi connectivity index (χ4v) is 1.98. The number of hydrogen-bond donors (Lipinski definition) is 1. The van der Waals surface area contributed by atoms with Crippen molar-refractivity contribution < 1.29 is 19.1 Å². The molecule has 1 aliphatic heterocycles. The number of carbonyl (C=O) groups is 1. The fraction of sp³-hybridized carbons (Fsp3) is 0.545. The highest BCUT2D eigenvalue weighted by molar-refractivity contribution is 5.71. The van der Waals surface area contributed by atoms with Crippen molar-refractivity contribution in [2.75, 3.05) is 20.3 Å². The summed E-state index contributed by atoms with van der Waals surface area (Å²) in [5, 5.41) is 9.03. The lowest BCUT2D eigenvalue weighted by molar-refractivity contribution is -0.143. The first kappa shape index (κ1) is 11.2. The zero-order chi connectivity index (χ0) is 11.5. The predicted molar refractivity (Wildman–Crippen MR) is 55.9 cm³/mol. The smallest absolute Gasteiger partial charge is 0.310 e. The summed E-state index contributed by atoms with van der Waals surface area (Å²) in [6, 6.07) is 3.62. The molecule has 16 heavy (non-hydrogen) atoms. The van der Waals surface area contributed by atoms with E-state index in [2.05, 4.69) is 0 Å². The number of carboxylic acids is 1. The molecule has 1 aromatic heterocycles. The maximum Gasteiger partial charge on any atom is 0.310 e. The summed E-state index contributed by atoms with van der Waals surface area (Å²) in [5.74, 6) is -0.410. The van der Waals surface area contributed by atoms with Crippen molar-refractivity contribution in [3.8, 4) is 0 Å². The fourth-order valence-electron chi connectivity index (χ4n) is 1.98. The molecule has 5 nitrogen and oxygen atoms in total. The summed E-state index contributed by atoms with van der Waals surface area (Å²) in [6.45, 7) is 1.36. The summed E-state index contributed by atoms with van der Waals surface area (Å²) >= 11 is 0. The molecule has 0 radical (unpaired) electrons. The molecule has 1 aromatic rings. The summed E-state index contributed by atoms with van der Waals surface area (Å²) in [4.78, 5) is 13.0. The van der Waals surface area contributed by atoms with Gasteiger partial charge >= 0.3 is 5.97 Å². The molecule has 1 N–H and O–H groups in total. The van der Waals surface area contributed by atoms with Crippen LogP contribution < -0.4 is 0 Å². The minimum Gasteiger partial charge on any atom is -0.481 e. The van der Waals surface area contributed by atoms with Crippen LogP contribution in [-0.4, -0.2) is 42.3 Å². The molecule has 88 valence electrons. The zero-order valence-corrected chi connectivity index (χ0v) is 9.13. The van der Waals surface area contributed by atoms with Crippen LogP contribution in [0.15, 0.2) is 22.8 Å². The van der Waals surface area contributed by atoms with Crippen molar-refractivity contribution >= 4 is 5.97 Å². The minimum absolute atomic E-state index is 0.0809. The van der Waals surface area contributed by atoms with Crippen LogP contribution in [0.4, 0.5) is 0 Å². The van der Waals surface area contributed by atoms with Crippen molar-refractivity contribution in [1.82, 2.24) is 4.90 Å². The highest BCUT2D eigenvalue weighted by Crippen LogP contribution is 2.20.